The van der Waals surface area contributed by atoms with Gasteiger partial charge in [0.2, 0.25) is 0 Å². The summed E-state index contributed by atoms with van der Waals surface area (Å²) >= 11 is 7.44. The molecule has 7 heteroatoms. The summed E-state index contributed by atoms with van der Waals surface area (Å²) in [5.74, 6) is 1.17. The van der Waals surface area contributed by atoms with E-state index in [1.807, 2.05) is 48.7 Å². The second kappa shape index (κ2) is 10.2. The molecular formula is C23H26ClN3O2S. The summed E-state index contributed by atoms with van der Waals surface area (Å²) in [6.45, 7) is 7.42. The first-order valence-electron chi connectivity index (χ1n) is 9.82. The van der Waals surface area contributed by atoms with Crippen LogP contribution in [0.3, 0.4) is 0 Å². The van der Waals surface area contributed by atoms with Gasteiger partial charge in [0.25, 0.3) is 0 Å². The van der Waals surface area contributed by atoms with E-state index in [1.165, 1.54) is 17.3 Å². The van der Waals surface area contributed by atoms with E-state index >= 15 is 0 Å². The van der Waals surface area contributed by atoms with Gasteiger partial charge in [-0.05, 0) is 74.2 Å². The molecule has 0 bridgehead atoms. The van der Waals surface area contributed by atoms with E-state index in [0.717, 1.165) is 39.7 Å². The van der Waals surface area contributed by atoms with E-state index in [0.29, 0.717) is 23.9 Å². The number of carbonyl (C=O) groups excluding carboxylic acids is 1. The van der Waals surface area contributed by atoms with Crippen LogP contribution in [0.2, 0.25) is 5.02 Å². The molecule has 0 spiro atoms. The lowest BCUT2D eigenvalue weighted by atomic mass is 9.99. The zero-order chi connectivity index (χ0) is 21.7. The van der Waals surface area contributed by atoms with Crippen LogP contribution in [0.1, 0.15) is 33.5 Å². The third-order valence-electron chi connectivity index (χ3n) is 5.02. The molecule has 0 aliphatic rings. The first kappa shape index (κ1) is 22.5. The Bertz CT molecular complexity index is 1030. The Morgan fingerprint density at radius 2 is 1.77 bits per heavy atom. The van der Waals surface area contributed by atoms with Crippen LogP contribution in [0.5, 0.6) is 0 Å². The summed E-state index contributed by atoms with van der Waals surface area (Å²) in [5, 5.41) is 10.2. The van der Waals surface area contributed by atoms with Crippen LogP contribution in [0.4, 0.5) is 0 Å². The molecule has 0 radical (unpaired) electrons. The van der Waals surface area contributed by atoms with Crippen LogP contribution in [-0.2, 0) is 11.3 Å². The second-order valence-corrected chi connectivity index (χ2v) is 8.65. The molecule has 0 atom stereocenters. The topological polar surface area (TPSA) is 57.0 Å². The van der Waals surface area contributed by atoms with Gasteiger partial charge in [-0.25, -0.2) is 0 Å². The molecule has 0 N–H and O–H groups in total. The second-order valence-electron chi connectivity index (χ2n) is 7.27. The minimum absolute atomic E-state index is 0.0973. The number of ketones is 1. The SMILES string of the molecule is COCCCn1c(SCC(=O)c2cc(C)c(C)cc2C)nnc1-c1ccc(Cl)cc1. The Morgan fingerprint density at radius 3 is 2.47 bits per heavy atom. The number of aryl methyl sites for hydroxylation is 3. The molecule has 5 nitrogen and oxygen atoms in total. The zero-order valence-corrected chi connectivity index (χ0v) is 19.3. The molecule has 158 valence electrons. The van der Waals surface area contributed by atoms with Crippen molar-refractivity contribution < 1.29 is 9.53 Å². The summed E-state index contributed by atoms with van der Waals surface area (Å²) in [6.07, 6.45) is 0.826. The number of methoxy groups -OCH3 is 1. The van der Waals surface area contributed by atoms with Gasteiger partial charge >= 0.3 is 0 Å². The average Bonchev–Trinajstić information content (AvgIpc) is 3.12. The predicted octanol–water partition coefficient (Wildman–Crippen LogP) is 5.54. The van der Waals surface area contributed by atoms with Gasteiger partial charge < -0.3 is 9.30 Å². The molecule has 0 fully saturated rings. The highest BCUT2D eigenvalue weighted by molar-refractivity contribution is 7.99. The Morgan fingerprint density at radius 1 is 1.07 bits per heavy atom. The number of aromatic nitrogens is 3. The molecule has 0 saturated heterocycles. The molecule has 1 heterocycles. The molecule has 3 aromatic rings. The molecule has 0 aliphatic carbocycles. The molecular weight excluding hydrogens is 418 g/mol. The smallest absolute Gasteiger partial charge is 0.191 e. The lowest BCUT2D eigenvalue weighted by molar-refractivity contribution is 0.102. The monoisotopic (exact) mass is 443 g/mol. The number of benzene rings is 2. The lowest BCUT2D eigenvalue weighted by Crippen LogP contribution is -2.09. The number of halogens is 1. The van der Waals surface area contributed by atoms with Gasteiger partial charge in [-0.3, -0.25) is 4.79 Å². The van der Waals surface area contributed by atoms with Gasteiger partial charge in [-0.2, -0.15) is 0 Å². The number of thioether (sulfide) groups is 1. The van der Waals surface area contributed by atoms with E-state index in [9.17, 15) is 4.79 Å². The van der Waals surface area contributed by atoms with Crippen LogP contribution in [-0.4, -0.2) is 40.0 Å². The third-order valence-corrected chi connectivity index (χ3v) is 6.24. The number of hydrogen-bond acceptors (Lipinski definition) is 5. The van der Waals surface area contributed by atoms with Gasteiger partial charge in [0.05, 0.1) is 5.75 Å². The zero-order valence-electron chi connectivity index (χ0n) is 17.7. The maximum absolute atomic E-state index is 12.9. The highest BCUT2D eigenvalue weighted by Crippen LogP contribution is 2.27. The largest absolute Gasteiger partial charge is 0.385 e. The number of hydrogen-bond donors (Lipinski definition) is 0. The molecule has 0 amide bonds. The van der Waals surface area contributed by atoms with Crippen molar-refractivity contribution in [3.05, 3.63) is 63.7 Å². The normalized spacial score (nSPS) is 11.1. The van der Waals surface area contributed by atoms with E-state index in [-0.39, 0.29) is 5.78 Å². The highest BCUT2D eigenvalue weighted by atomic mass is 35.5. The van der Waals surface area contributed by atoms with Gasteiger partial charge in [0.1, 0.15) is 0 Å². The molecule has 30 heavy (non-hydrogen) atoms. The summed E-state index contributed by atoms with van der Waals surface area (Å²) in [4.78, 5) is 12.9. The minimum atomic E-state index is 0.0973. The summed E-state index contributed by atoms with van der Waals surface area (Å²) in [5.41, 5.74) is 5.04. The number of nitrogens with zero attached hydrogens (tertiary/aromatic N) is 3. The predicted molar refractivity (Wildman–Crippen MR) is 123 cm³/mol. The quantitative estimate of drug-likeness (QED) is 0.247. The Balaban J connectivity index is 1.82. The van der Waals surface area contributed by atoms with Crippen molar-refractivity contribution in [3.8, 4) is 11.4 Å². The number of ether oxygens (including phenoxy) is 1. The molecule has 0 unspecified atom stereocenters. The van der Waals surface area contributed by atoms with Gasteiger partial charge in [-0.15, -0.1) is 10.2 Å². The standard InChI is InChI=1S/C23H26ClN3O2S/c1-15-12-17(3)20(13-16(15)2)21(28)14-30-23-26-25-22(27(23)10-5-11-29-4)18-6-8-19(24)9-7-18/h6-9,12-13H,5,10-11,14H2,1-4H3. The van der Waals surface area contributed by atoms with Crippen molar-refractivity contribution in [2.45, 2.75) is 38.9 Å². The van der Waals surface area contributed by atoms with Crippen molar-refractivity contribution in [3.63, 3.8) is 0 Å². The number of Topliss-reactive ketones (excluding diaryl/α,β-unsaturated/α-hetero) is 1. The Labute approximate surface area is 186 Å². The average molecular weight is 444 g/mol. The van der Waals surface area contributed by atoms with Crippen molar-refractivity contribution >= 4 is 29.1 Å². The van der Waals surface area contributed by atoms with E-state index in [4.69, 9.17) is 16.3 Å². The fourth-order valence-electron chi connectivity index (χ4n) is 3.25. The highest BCUT2D eigenvalue weighted by Gasteiger charge is 2.17. The maximum Gasteiger partial charge on any atom is 0.191 e. The first-order valence-corrected chi connectivity index (χ1v) is 11.2. The van der Waals surface area contributed by atoms with Crippen molar-refractivity contribution in [2.75, 3.05) is 19.5 Å². The third kappa shape index (κ3) is 5.31. The molecule has 2 aromatic carbocycles. The maximum atomic E-state index is 12.9. The summed E-state index contributed by atoms with van der Waals surface area (Å²) in [7, 11) is 1.69. The van der Waals surface area contributed by atoms with Crippen LogP contribution >= 0.6 is 23.4 Å². The van der Waals surface area contributed by atoms with Gasteiger partial charge in [-0.1, -0.05) is 29.4 Å². The Hall–Kier alpha value is -2.15. The van der Waals surface area contributed by atoms with Crippen LogP contribution in [0, 0.1) is 20.8 Å². The van der Waals surface area contributed by atoms with Crippen molar-refractivity contribution in [1.29, 1.82) is 0 Å². The summed E-state index contributed by atoms with van der Waals surface area (Å²) in [6, 6.07) is 11.6. The fraction of sp³-hybridized carbons (Fsp3) is 0.348. The summed E-state index contributed by atoms with van der Waals surface area (Å²) < 4.78 is 7.25. The van der Waals surface area contributed by atoms with Gasteiger partial charge in [0.15, 0.2) is 16.8 Å². The van der Waals surface area contributed by atoms with Crippen molar-refractivity contribution in [2.24, 2.45) is 0 Å². The molecule has 0 saturated carbocycles. The van der Waals surface area contributed by atoms with Crippen LogP contribution < -0.4 is 0 Å². The first-order chi connectivity index (χ1) is 14.4. The number of rotatable bonds is 9. The lowest BCUT2D eigenvalue weighted by Gasteiger charge is -2.11. The van der Waals surface area contributed by atoms with Gasteiger partial charge in [0, 0.05) is 36.4 Å². The molecule has 0 aliphatic heterocycles. The minimum Gasteiger partial charge on any atom is -0.385 e. The van der Waals surface area contributed by atoms with Crippen LogP contribution in [0.25, 0.3) is 11.4 Å². The molecule has 3 rings (SSSR count). The van der Waals surface area contributed by atoms with E-state index < -0.39 is 0 Å². The Kier molecular flexibility index (Phi) is 7.69. The number of carbonyl (C=O) groups is 1. The van der Waals surface area contributed by atoms with Crippen molar-refractivity contribution in [1.82, 2.24) is 14.8 Å². The molecule has 1 aromatic heterocycles. The van der Waals surface area contributed by atoms with E-state index in [2.05, 4.69) is 23.2 Å². The fourth-order valence-corrected chi connectivity index (χ4v) is 4.22. The van der Waals surface area contributed by atoms with Crippen LogP contribution in [0.15, 0.2) is 41.6 Å². The van der Waals surface area contributed by atoms with E-state index in [1.54, 1.807) is 7.11 Å².